The van der Waals surface area contributed by atoms with Gasteiger partial charge < -0.3 is 14.7 Å². The molecule has 6 heteroatoms. The Morgan fingerprint density at radius 1 is 1.43 bits per heavy atom. The third-order valence-electron chi connectivity index (χ3n) is 3.65. The van der Waals surface area contributed by atoms with Crippen LogP contribution < -0.4 is 5.32 Å². The molecule has 0 unspecified atom stereocenters. The molecule has 3 rings (SSSR count). The molecule has 0 saturated carbocycles. The number of likely N-dealkylation sites (tertiary alicyclic amines) is 1. The van der Waals surface area contributed by atoms with Crippen LogP contribution in [0.3, 0.4) is 0 Å². The molecule has 1 aliphatic heterocycles. The van der Waals surface area contributed by atoms with Crippen molar-refractivity contribution in [2.75, 3.05) is 11.9 Å². The monoisotopic (exact) mass is 286 g/mol. The standard InChI is InChI=1S/C15H18N4O2/c1-10-9-15(18-21-10)17-14-7-3-5-12(16-14)13-6-4-8-19(13)11(2)20/h3,5,7,9,13H,4,6,8H2,1-2H3,(H,16,17,18)/t13-/m1/s1. The Balaban J connectivity index is 1.81. The first kappa shape index (κ1) is 13.6. The molecule has 0 aromatic carbocycles. The van der Waals surface area contributed by atoms with Crippen LogP contribution in [0.2, 0.25) is 0 Å². The van der Waals surface area contributed by atoms with Crippen molar-refractivity contribution in [3.8, 4) is 0 Å². The molecule has 6 nitrogen and oxygen atoms in total. The maximum atomic E-state index is 11.7. The van der Waals surface area contributed by atoms with E-state index in [0.717, 1.165) is 30.8 Å². The first-order valence-corrected chi connectivity index (χ1v) is 7.08. The van der Waals surface area contributed by atoms with Crippen LogP contribution >= 0.6 is 0 Å². The van der Waals surface area contributed by atoms with Gasteiger partial charge in [0.05, 0.1) is 11.7 Å². The Labute approximate surface area is 123 Å². The molecule has 1 fully saturated rings. The largest absolute Gasteiger partial charge is 0.360 e. The third kappa shape index (κ3) is 2.89. The number of pyridine rings is 1. The summed E-state index contributed by atoms with van der Waals surface area (Å²) >= 11 is 0. The highest BCUT2D eigenvalue weighted by Crippen LogP contribution is 2.31. The number of amides is 1. The van der Waals surface area contributed by atoms with E-state index in [4.69, 9.17) is 4.52 Å². The van der Waals surface area contributed by atoms with Crippen molar-refractivity contribution in [3.63, 3.8) is 0 Å². The van der Waals surface area contributed by atoms with Gasteiger partial charge in [0.2, 0.25) is 5.91 Å². The van der Waals surface area contributed by atoms with E-state index in [2.05, 4.69) is 15.5 Å². The van der Waals surface area contributed by atoms with E-state index in [1.165, 1.54) is 0 Å². The summed E-state index contributed by atoms with van der Waals surface area (Å²) in [6.07, 6.45) is 1.98. The predicted molar refractivity (Wildman–Crippen MR) is 78.1 cm³/mol. The minimum absolute atomic E-state index is 0.0725. The smallest absolute Gasteiger partial charge is 0.220 e. The number of hydrogen-bond donors (Lipinski definition) is 1. The number of carbonyl (C=O) groups excluding carboxylic acids is 1. The van der Waals surface area contributed by atoms with Crippen molar-refractivity contribution < 1.29 is 9.32 Å². The topological polar surface area (TPSA) is 71.3 Å². The van der Waals surface area contributed by atoms with Gasteiger partial charge in [0.25, 0.3) is 0 Å². The van der Waals surface area contributed by atoms with E-state index in [1.807, 2.05) is 36.1 Å². The van der Waals surface area contributed by atoms with Crippen LogP contribution in [-0.4, -0.2) is 27.5 Å². The maximum absolute atomic E-state index is 11.7. The van der Waals surface area contributed by atoms with E-state index in [-0.39, 0.29) is 11.9 Å². The summed E-state index contributed by atoms with van der Waals surface area (Å²) in [7, 11) is 0. The fraction of sp³-hybridized carbons (Fsp3) is 0.400. The fourth-order valence-corrected chi connectivity index (χ4v) is 2.71. The van der Waals surface area contributed by atoms with Crippen molar-refractivity contribution in [2.24, 2.45) is 0 Å². The number of hydrogen-bond acceptors (Lipinski definition) is 5. The van der Waals surface area contributed by atoms with E-state index in [0.29, 0.717) is 11.6 Å². The Morgan fingerprint density at radius 2 is 2.29 bits per heavy atom. The number of aromatic nitrogens is 2. The molecule has 2 aromatic heterocycles. The molecule has 0 bridgehead atoms. The first-order chi connectivity index (χ1) is 10.1. The van der Waals surface area contributed by atoms with Crippen LogP contribution in [0.4, 0.5) is 11.6 Å². The summed E-state index contributed by atoms with van der Waals surface area (Å²) in [6, 6.07) is 7.66. The van der Waals surface area contributed by atoms with Gasteiger partial charge in [-0.05, 0) is 31.9 Å². The molecule has 110 valence electrons. The molecule has 2 aromatic rings. The highest BCUT2D eigenvalue weighted by atomic mass is 16.5. The lowest BCUT2D eigenvalue weighted by molar-refractivity contribution is -0.129. The Bertz CT molecular complexity index is 653. The lowest BCUT2D eigenvalue weighted by Gasteiger charge is -2.23. The van der Waals surface area contributed by atoms with Gasteiger partial charge >= 0.3 is 0 Å². The predicted octanol–water partition coefficient (Wildman–Crippen LogP) is 2.81. The van der Waals surface area contributed by atoms with Crippen LogP contribution in [0, 0.1) is 6.92 Å². The average molecular weight is 286 g/mol. The van der Waals surface area contributed by atoms with Crippen molar-refractivity contribution in [2.45, 2.75) is 32.7 Å². The molecule has 0 radical (unpaired) electrons. The Hall–Kier alpha value is -2.37. The first-order valence-electron chi connectivity index (χ1n) is 7.08. The van der Waals surface area contributed by atoms with Gasteiger partial charge in [0.1, 0.15) is 11.6 Å². The van der Waals surface area contributed by atoms with Crippen LogP contribution in [0.5, 0.6) is 0 Å². The molecular formula is C15H18N4O2. The molecule has 21 heavy (non-hydrogen) atoms. The minimum atomic E-state index is 0.0725. The second-order valence-electron chi connectivity index (χ2n) is 5.27. The molecule has 3 heterocycles. The van der Waals surface area contributed by atoms with Crippen LogP contribution in [-0.2, 0) is 4.79 Å². The van der Waals surface area contributed by atoms with Gasteiger partial charge in [-0.1, -0.05) is 11.2 Å². The number of anilines is 2. The molecule has 1 saturated heterocycles. The maximum Gasteiger partial charge on any atom is 0.220 e. The van der Waals surface area contributed by atoms with Gasteiger partial charge in [0, 0.05) is 19.5 Å². The zero-order valence-corrected chi connectivity index (χ0v) is 12.2. The second kappa shape index (κ2) is 5.55. The number of aryl methyl sites for hydroxylation is 1. The van der Waals surface area contributed by atoms with Gasteiger partial charge in [-0.3, -0.25) is 4.79 Å². The summed E-state index contributed by atoms with van der Waals surface area (Å²) in [5.41, 5.74) is 0.910. The average Bonchev–Trinajstić information content (AvgIpc) is 3.08. The van der Waals surface area contributed by atoms with Crippen molar-refractivity contribution in [1.82, 2.24) is 15.0 Å². The molecule has 1 aliphatic rings. The van der Waals surface area contributed by atoms with Gasteiger partial charge in [-0.25, -0.2) is 4.98 Å². The van der Waals surface area contributed by atoms with Gasteiger partial charge in [-0.2, -0.15) is 0 Å². The van der Waals surface area contributed by atoms with Crippen LogP contribution in [0.15, 0.2) is 28.8 Å². The van der Waals surface area contributed by atoms with Crippen molar-refractivity contribution >= 4 is 17.5 Å². The van der Waals surface area contributed by atoms with E-state index >= 15 is 0 Å². The highest BCUT2D eigenvalue weighted by Gasteiger charge is 2.28. The lowest BCUT2D eigenvalue weighted by Crippen LogP contribution is -2.28. The molecule has 1 N–H and O–H groups in total. The number of nitrogens with one attached hydrogen (secondary N) is 1. The van der Waals surface area contributed by atoms with Gasteiger partial charge in [-0.15, -0.1) is 0 Å². The molecule has 1 atom stereocenters. The SMILES string of the molecule is CC(=O)N1CCC[C@@H]1c1cccc(Nc2cc(C)on2)n1. The molecule has 0 spiro atoms. The van der Waals surface area contributed by atoms with Crippen molar-refractivity contribution in [1.29, 1.82) is 0 Å². The Morgan fingerprint density at radius 3 is 3.00 bits per heavy atom. The molecule has 1 amide bonds. The Kier molecular flexibility index (Phi) is 3.60. The summed E-state index contributed by atoms with van der Waals surface area (Å²) in [5, 5.41) is 7.00. The summed E-state index contributed by atoms with van der Waals surface area (Å²) in [4.78, 5) is 18.2. The molecule has 0 aliphatic carbocycles. The molecular weight excluding hydrogens is 268 g/mol. The number of carbonyl (C=O) groups is 1. The third-order valence-corrected chi connectivity index (χ3v) is 3.65. The second-order valence-corrected chi connectivity index (χ2v) is 5.27. The normalized spacial score (nSPS) is 18.0. The van der Waals surface area contributed by atoms with Gasteiger partial charge in [0.15, 0.2) is 5.82 Å². The number of rotatable bonds is 3. The highest BCUT2D eigenvalue weighted by molar-refractivity contribution is 5.74. The quantitative estimate of drug-likeness (QED) is 0.939. The van der Waals surface area contributed by atoms with Crippen LogP contribution in [0.1, 0.15) is 37.3 Å². The van der Waals surface area contributed by atoms with Crippen LogP contribution in [0.25, 0.3) is 0 Å². The number of nitrogens with zero attached hydrogens (tertiary/aromatic N) is 3. The van der Waals surface area contributed by atoms with E-state index in [1.54, 1.807) is 6.92 Å². The minimum Gasteiger partial charge on any atom is -0.360 e. The van der Waals surface area contributed by atoms with Crippen molar-refractivity contribution in [3.05, 3.63) is 35.7 Å². The zero-order chi connectivity index (χ0) is 14.8. The summed E-state index contributed by atoms with van der Waals surface area (Å²) in [6.45, 7) is 4.26. The van der Waals surface area contributed by atoms with E-state index in [9.17, 15) is 4.79 Å². The fourth-order valence-electron chi connectivity index (χ4n) is 2.71. The lowest BCUT2D eigenvalue weighted by atomic mass is 10.1. The summed E-state index contributed by atoms with van der Waals surface area (Å²) < 4.78 is 5.02. The zero-order valence-electron chi connectivity index (χ0n) is 12.2. The summed E-state index contributed by atoms with van der Waals surface area (Å²) in [5.74, 6) is 2.18. The van der Waals surface area contributed by atoms with E-state index < -0.39 is 0 Å².